The molecular formula is C9H11ClO. The van der Waals surface area contributed by atoms with E-state index in [0.717, 1.165) is 16.7 Å². The van der Waals surface area contributed by atoms with Crippen molar-refractivity contribution in [2.45, 2.75) is 19.7 Å². The molecule has 0 amide bonds. The second-order valence-corrected chi connectivity index (χ2v) is 2.97. The summed E-state index contributed by atoms with van der Waals surface area (Å²) < 4.78 is 0. The summed E-state index contributed by atoms with van der Waals surface area (Å²) in [5.41, 5.74) is 3.01. The minimum Gasteiger partial charge on any atom is -0.508 e. The molecule has 1 nitrogen and oxygen atoms in total. The van der Waals surface area contributed by atoms with Gasteiger partial charge in [-0.25, -0.2) is 0 Å². The second kappa shape index (κ2) is 3.14. The van der Waals surface area contributed by atoms with Gasteiger partial charge in [-0.1, -0.05) is 6.07 Å². The van der Waals surface area contributed by atoms with Gasteiger partial charge in [-0.3, -0.25) is 0 Å². The van der Waals surface area contributed by atoms with Crippen LogP contribution in [0.4, 0.5) is 0 Å². The highest BCUT2D eigenvalue weighted by atomic mass is 35.5. The first-order chi connectivity index (χ1) is 5.15. The predicted octanol–water partition coefficient (Wildman–Crippen LogP) is 2.75. The highest BCUT2D eigenvalue weighted by Crippen LogP contribution is 2.21. The first-order valence-corrected chi connectivity index (χ1v) is 4.03. The molecule has 0 spiro atoms. The van der Waals surface area contributed by atoms with Crippen LogP contribution < -0.4 is 0 Å². The Morgan fingerprint density at radius 1 is 1.27 bits per heavy atom. The number of hydrogen-bond donors (Lipinski definition) is 1. The average molecular weight is 171 g/mol. The van der Waals surface area contributed by atoms with Crippen LogP contribution in [0.15, 0.2) is 12.1 Å². The first kappa shape index (κ1) is 8.41. The molecule has 1 aromatic rings. The lowest BCUT2D eigenvalue weighted by Crippen LogP contribution is -1.86. The number of phenols is 1. The maximum Gasteiger partial charge on any atom is 0.118 e. The van der Waals surface area contributed by atoms with Crippen LogP contribution in [-0.2, 0) is 5.88 Å². The van der Waals surface area contributed by atoms with Crippen molar-refractivity contribution >= 4 is 11.6 Å². The van der Waals surface area contributed by atoms with E-state index in [9.17, 15) is 5.11 Å². The van der Waals surface area contributed by atoms with Crippen LogP contribution in [0.25, 0.3) is 0 Å². The standard InChI is InChI=1S/C9H11ClO/c1-6-4-9(11)7(2)3-8(6)5-10/h3-4,11H,5H2,1-2H3. The van der Waals surface area contributed by atoms with Gasteiger partial charge in [0, 0.05) is 5.88 Å². The van der Waals surface area contributed by atoms with Crippen LogP contribution in [0.3, 0.4) is 0 Å². The third-order valence-electron chi connectivity index (χ3n) is 1.80. The van der Waals surface area contributed by atoms with Crippen molar-refractivity contribution in [2.24, 2.45) is 0 Å². The number of aromatic hydroxyl groups is 1. The molecule has 0 atom stereocenters. The summed E-state index contributed by atoms with van der Waals surface area (Å²) in [6.07, 6.45) is 0. The molecule has 60 valence electrons. The van der Waals surface area contributed by atoms with E-state index in [1.807, 2.05) is 19.9 Å². The van der Waals surface area contributed by atoms with Gasteiger partial charge in [0.1, 0.15) is 5.75 Å². The third-order valence-corrected chi connectivity index (χ3v) is 2.09. The quantitative estimate of drug-likeness (QED) is 0.643. The number of aryl methyl sites for hydroxylation is 2. The van der Waals surface area contributed by atoms with Crippen molar-refractivity contribution in [3.63, 3.8) is 0 Å². The normalized spacial score (nSPS) is 10.1. The molecule has 0 bridgehead atoms. The maximum atomic E-state index is 9.28. The Bertz CT molecular complexity index is 269. The fraction of sp³-hybridized carbons (Fsp3) is 0.333. The molecule has 0 heterocycles. The van der Waals surface area contributed by atoms with E-state index in [-0.39, 0.29) is 0 Å². The van der Waals surface area contributed by atoms with Gasteiger partial charge in [0.2, 0.25) is 0 Å². The van der Waals surface area contributed by atoms with Crippen LogP contribution >= 0.6 is 11.6 Å². The Morgan fingerprint density at radius 2 is 1.91 bits per heavy atom. The van der Waals surface area contributed by atoms with Crippen molar-refractivity contribution in [1.29, 1.82) is 0 Å². The van der Waals surface area contributed by atoms with Gasteiger partial charge in [-0.05, 0) is 36.6 Å². The molecule has 0 unspecified atom stereocenters. The summed E-state index contributed by atoms with van der Waals surface area (Å²) in [6, 6.07) is 3.66. The van der Waals surface area contributed by atoms with Crippen molar-refractivity contribution in [3.05, 3.63) is 28.8 Å². The highest BCUT2D eigenvalue weighted by Gasteiger charge is 2.01. The van der Waals surface area contributed by atoms with Crippen molar-refractivity contribution in [1.82, 2.24) is 0 Å². The maximum absolute atomic E-state index is 9.28. The molecule has 0 fully saturated rings. The van der Waals surface area contributed by atoms with Gasteiger partial charge in [0.25, 0.3) is 0 Å². The Hall–Kier alpha value is -0.690. The van der Waals surface area contributed by atoms with E-state index in [1.54, 1.807) is 6.07 Å². The summed E-state index contributed by atoms with van der Waals surface area (Å²) in [5, 5.41) is 9.28. The fourth-order valence-corrected chi connectivity index (χ4v) is 1.29. The Kier molecular flexibility index (Phi) is 2.40. The lowest BCUT2D eigenvalue weighted by atomic mass is 10.1. The van der Waals surface area contributed by atoms with Crippen molar-refractivity contribution in [2.75, 3.05) is 0 Å². The van der Waals surface area contributed by atoms with E-state index >= 15 is 0 Å². The summed E-state index contributed by atoms with van der Waals surface area (Å²) >= 11 is 5.67. The number of phenolic OH excluding ortho intramolecular Hbond substituents is 1. The van der Waals surface area contributed by atoms with Crippen LogP contribution in [0, 0.1) is 13.8 Å². The largest absolute Gasteiger partial charge is 0.508 e. The molecule has 0 aliphatic heterocycles. The lowest BCUT2D eigenvalue weighted by molar-refractivity contribution is 0.470. The van der Waals surface area contributed by atoms with Gasteiger partial charge in [-0.2, -0.15) is 0 Å². The zero-order valence-electron chi connectivity index (χ0n) is 6.69. The number of hydrogen-bond acceptors (Lipinski definition) is 1. The zero-order valence-corrected chi connectivity index (χ0v) is 7.44. The number of rotatable bonds is 1. The van der Waals surface area contributed by atoms with E-state index in [4.69, 9.17) is 11.6 Å². The molecule has 1 rings (SSSR count). The molecule has 1 N–H and O–H groups in total. The smallest absolute Gasteiger partial charge is 0.118 e. The summed E-state index contributed by atoms with van der Waals surface area (Å²) in [7, 11) is 0. The number of halogens is 1. The Labute approximate surface area is 71.6 Å². The molecule has 0 aliphatic carbocycles. The van der Waals surface area contributed by atoms with E-state index in [0.29, 0.717) is 11.6 Å². The Balaban J connectivity index is 3.21. The minimum atomic E-state index is 0.344. The monoisotopic (exact) mass is 170 g/mol. The van der Waals surface area contributed by atoms with Crippen LogP contribution in [0.2, 0.25) is 0 Å². The van der Waals surface area contributed by atoms with Crippen LogP contribution in [0.5, 0.6) is 5.75 Å². The molecule has 0 saturated heterocycles. The van der Waals surface area contributed by atoms with Gasteiger partial charge < -0.3 is 5.11 Å². The molecule has 0 saturated carbocycles. The molecular weight excluding hydrogens is 160 g/mol. The number of alkyl halides is 1. The molecule has 0 radical (unpaired) electrons. The van der Waals surface area contributed by atoms with Crippen molar-refractivity contribution < 1.29 is 5.11 Å². The van der Waals surface area contributed by atoms with Gasteiger partial charge in [-0.15, -0.1) is 11.6 Å². The molecule has 2 heteroatoms. The molecule has 11 heavy (non-hydrogen) atoms. The fourth-order valence-electron chi connectivity index (χ4n) is 1.00. The van der Waals surface area contributed by atoms with Gasteiger partial charge in [0.05, 0.1) is 0 Å². The summed E-state index contributed by atoms with van der Waals surface area (Å²) in [6.45, 7) is 3.81. The molecule has 0 aliphatic rings. The van der Waals surface area contributed by atoms with E-state index in [2.05, 4.69) is 0 Å². The lowest BCUT2D eigenvalue weighted by Gasteiger charge is -2.04. The number of benzene rings is 1. The highest BCUT2D eigenvalue weighted by molar-refractivity contribution is 6.17. The molecule has 0 aromatic heterocycles. The molecule has 1 aromatic carbocycles. The Morgan fingerprint density at radius 3 is 2.45 bits per heavy atom. The first-order valence-electron chi connectivity index (χ1n) is 3.50. The predicted molar refractivity (Wildman–Crippen MR) is 47.1 cm³/mol. The van der Waals surface area contributed by atoms with E-state index < -0.39 is 0 Å². The van der Waals surface area contributed by atoms with Crippen molar-refractivity contribution in [3.8, 4) is 5.75 Å². The van der Waals surface area contributed by atoms with Crippen LogP contribution in [0.1, 0.15) is 16.7 Å². The zero-order chi connectivity index (χ0) is 8.43. The third kappa shape index (κ3) is 1.66. The second-order valence-electron chi connectivity index (χ2n) is 2.70. The minimum absolute atomic E-state index is 0.344. The summed E-state index contributed by atoms with van der Waals surface area (Å²) in [5.74, 6) is 0.851. The van der Waals surface area contributed by atoms with E-state index in [1.165, 1.54) is 0 Å². The van der Waals surface area contributed by atoms with Gasteiger partial charge in [0.15, 0.2) is 0 Å². The summed E-state index contributed by atoms with van der Waals surface area (Å²) in [4.78, 5) is 0. The van der Waals surface area contributed by atoms with Crippen LogP contribution in [-0.4, -0.2) is 5.11 Å². The van der Waals surface area contributed by atoms with Gasteiger partial charge >= 0.3 is 0 Å². The topological polar surface area (TPSA) is 20.2 Å². The SMILES string of the molecule is Cc1cc(CCl)c(C)cc1O. The average Bonchev–Trinajstić information content (AvgIpc) is 1.97.